The van der Waals surface area contributed by atoms with Crippen LogP contribution in [0.5, 0.6) is 0 Å². The second-order valence-corrected chi connectivity index (χ2v) is 8.20. The number of carbonyl (C=O) groups is 1. The molecular weight excluding hydrogens is 386 g/mol. The molecule has 1 aromatic heterocycles. The molecule has 31 heavy (non-hydrogen) atoms. The van der Waals surface area contributed by atoms with Gasteiger partial charge in [-0.3, -0.25) is 9.78 Å². The molecule has 1 fully saturated rings. The van der Waals surface area contributed by atoms with Gasteiger partial charge in [-0.25, -0.2) is 4.98 Å². The molecule has 0 spiro atoms. The molecule has 3 aromatic rings. The highest BCUT2D eigenvalue weighted by Gasteiger charge is 2.24. The van der Waals surface area contributed by atoms with Crippen LogP contribution in [0.15, 0.2) is 54.9 Å². The third-order valence-electron chi connectivity index (χ3n) is 5.97. The normalized spacial score (nSPS) is 13.9. The Morgan fingerprint density at radius 1 is 0.935 bits per heavy atom. The maximum Gasteiger partial charge on any atom is 0.253 e. The van der Waals surface area contributed by atoms with Crippen LogP contribution in [-0.4, -0.2) is 61.0 Å². The maximum atomic E-state index is 13.2. The standard InChI is InChI=1S/C25H29N5O/c1-18-7-5-10-22(19(18)2)29-13-15-30(16-14-29)25(31)21-9-6-8-20(17-21)23-24(28(3)4)27-12-11-26-23/h5-12,17H,13-16H2,1-4H3. The van der Waals surface area contributed by atoms with E-state index in [1.807, 2.05) is 48.2 Å². The number of aryl methyl sites for hydroxylation is 1. The first kappa shape index (κ1) is 20.8. The topological polar surface area (TPSA) is 52.6 Å². The third-order valence-corrected chi connectivity index (χ3v) is 5.97. The van der Waals surface area contributed by atoms with Crippen molar-refractivity contribution in [2.24, 2.45) is 0 Å². The van der Waals surface area contributed by atoms with Gasteiger partial charge in [0.05, 0.1) is 0 Å². The van der Waals surface area contributed by atoms with Crippen molar-refractivity contribution in [3.05, 3.63) is 71.5 Å². The van der Waals surface area contributed by atoms with Crippen molar-refractivity contribution in [3.63, 3.8) is 0 Å². The van der Waals surface area contributed by atoms with E-state index >= 15 is 0 Å². The largest absolute Gasteiger partial charge is 0.368 e. The number of aromatic nitrogens is 2. The lowest BCUT2D eigenvalue weighted by Crippen LogP contribution is -2.49. The zero-order valence-corrected chi connectivity index (χ0v) is 18.7. The van der Waals surface area contributed by atoms with Crippen LogP contribution in [0.3, 0.4) is 0 Å². The van der Waals surface area contributed by atoms with Gasteiger partial charge in [0, 0.05) is 69.5 Å². The molecule has 1 amide bonds. The molecule has 0 atom stereocenters. The summed E-state index contributed by atoms with van der Waals surface area (Å²) in [6, 6.07) is 14.1. The third kappa shape index (κ3) is 4.24. The summed E-state index contributed by atoms with van der Waals surface area (Å²) in [7, 11) is 3.88. The first-order chi connectivity index (χ1) is 15.0. The van der Waals surface area contributed by atoms with E-state index in [1.54, 1.807) is 12.4 Å². The molecule has 2 heterocycles. The van der Waals surface area contributed by atoms with Gasteiger partial charge in [-0.2, -0.15) is 0 Å². The second-order valence-electron chi connectivity index (χ2n) is 8.20. The molecule has 6 heteroatoms. The van der Waals surface area contributed by atoms with E-state index in [4.69, 9.17) is 0 Å². The zero-order chi connectivity index (χ0) is 22.0. The highest BCUT2D eigenvalue weighted by Crippen LogP contribution is 2.27. The number of anilines is 2. The van der Waals surface area contributed by atoms with Gasteiger partial charge in [-0.15, -0.1) is 0 Å². The molecule has 0 bridgehead atoms. The monoisotopic (exact) mass is 415 g/mol. The summed E-state index contributed by atoms with van der Waals surface area (Å²) < 4.78 is 0. The van der Waals surface area contributed by atoms with Crippen molar-refractivity contribution in [3.8, 4) is 11.3 Å². The van der Waals surface area contributed by atoms with E-state index in [0.29, 0.717) is 18.7 Å². The minimum Gasteiger partial charge on any atom is -0.368 e. The minimum absolute atomic E-state index is 0.0674. The number of nitrogens with zero attached hydrogens (tertiary/aromatic N) is 5. The fraction of sp³-hybridized carbons (Fsp3) is 0.320. The molecule has 0 saturated carbocycles. The van der Waals surface area contributed by atoms with Crippen molar-refractivity contribution in [1.82, 2.24) is 14.9 Å². The SMILES string of the molecule is Cc1cccc(N2CCN(C(=O)c3cccc(-c4nccnc4N(C)C)c3)CC2)c1C. The van der Waals surface area contributed by atoms with Crippen LogP contribution in [0.1, 0.15) is 21.5 Å². The molecule has 1 saturated heterocycles. The van der Waals surface area contributed by atoms with Crippen molar-refractivity contribution >= 4 is 17.4 Å². The van der Waals surface area contributed by atoms with Crippen LogP contribution < -0.4 is 9.80 Å². The Morgan fingerprint density at radius 2 is 1.65 bits per heavy atom. The molecule has 0 radical (unpaired) electrons. The summed E-state index contributed by atoms with van der Waals surface area (Å²) in [5.41, 5.74) is 6.25. The highest BCUT2D eigenvalue weighted by atomic mass is 16.2. The van der Waals surface area contributed by atoms with Gasteiger partial charge in [0.15, 0.2) is 5.82 Å². The summed E-state index contributed by atoms with van der Waals surface area (Å²) in [6.07, 6.45) is 3.37. The molecule has 0 unspecified atom stereocenters. The summed E-state index contributed by atoms with van der Waals surface area (Å²) >= 11 is 0. The first-order valence-electron chi connectivity index (χ1n) is 10.6. The molecule has 1 aliphatic rings. The molecule has 4 rings (SSSR count). The Labute approximate surface area is 184 Å². The molecule has 0 N–H and O–H groups in total. The molecular formula is C25H29N5O. The number of hydrogen-bond acceptors (Lipinski definition) is 5. The van der Waals surface area contributed by atoms with E-state index in [9.17, 15) is 4.79 Å². The van der Waals surface area contributed by atoms with E-state index in [-0.39, 0.29) is 5.91 Å². The molecule has 2 aromatic carbocycles. The average Bonchev–Trinajstić information content (AvgIpc) is 2.80. The maximum absolute atomic E-state index is 13.2. The predicted octanol–water partition coefficient (Wildman–Crippen LogP) is 3.79. The van der Waals surface area contributed by atoms with E-state index in [2.05, 4.69) is 46.9 Å². The minimum atomic E-state index is 0.0674. The molecule has 6 nitrogen and oxygen atoms in total. The lowest BCUT2D eigenvalue weighted by molar-refractivity contribution is 0.0747. The van der Waals surface area contributed by atoms with Gasteiger partial charge >= 0.3 is 0 Å². The molecule has 0 aliphatic carbocycles. The highest BCUT2D eigenvalue weighted by molar-refractivity contribution is 5.96. The Kier molecular flexibility index (Phi) is 5.89. The fourth-order valence-electron chi connectivity index (χ4n) is 4.07. The number of carbonyl (C=O) groups excluding carboxylic acids is 1. The van der Waals surface area contributed by atoms with Gasteiger partial charge in [-0.05, 0) is 43.2 Å². The van der Waals surface area contributed by atoms with E-state index in [0.717, 1.165) is 30.2 Å². The number of piperazine rings is 1. The van der Waals surface area contributed by atoms with Crippen molar-refractivity contribution in [1.29, 1.82) is 0 Å². The molecule has 160 valence electrons. The molecule has 1 aliphatic heterocycles. The van der Waals surface area contributed by atoms with Crippen molar-refractivity contribution in [2.45, 2.75) is 13.8 Å². The van der Waals surface area contributed by atoms with Crippen LogP contribution in [-0.2, 0) is 0 Å². The Morgan fingerprint density at radius 3 is 2.39 bits per heavy atom. The lowest BCUT2D eigenvalue weighted by Gasteiger charge is -2.37. The second kappa shape index (κ2) is 8.76. The number of rotatable bonds is 4. The van der Waals surface area contributed by atoms with Crippen LogP contribution in [0.25, 0.3) is 11.3 Å². The van der Waals surface area contributed by atoms with Gasteiger partial charge in [0.25, 0.3) is 5.91 Å². The van der Waals surface area contributed by atoms with Gasteiger partial charge in [0.1, 0.15) is 5.69 Å². The Bertz CT molecular complexity index is 1090. The fourth-order valence-corrected chi connectivity index (χ4v) is 4.07. The summed E-state index contributed by atoms with van der Waals surface area (Å²) in [5.74, 6) is 0.854. The van der Waals surface area contributed by atoms with E-state index < -0.39 is 0 Å². The summed E-state index contributed by atoms with van der Waals surface area (Å²) in [6.45, 7) is 7.41. The Hall–Kier alpha value is -3.41. The lowest BCUT2D eigenvalue weighted by atomic mass is 10.1. The van der Waals surface area contributed by atoms with E-state index in [1.165, 1.54) is 16.8 Å². The van der Waals surface area contributed by atoms with Crippen LogP contribution >= 0.6 is 0 Å². The van der Waals surface area contributed by atoms with Gasteiger partial charge < -0.3 is 14.7 Å². The summed E-state index contributed by atoms with van der Waals surface area (Å²) in [4.78, 5) is 28.4. The van der Waals surface area contributed by atoms with Crippen LogP contribution in [0, 0.1) is 13.8 Å². The van der Waals surface area contributed by atoms with Gasteiger partial charge in [-0.1, -0.05) is 24.3 Å². The van der Waals surface area contributed by atoms with Crippen LogP contribution in [0.2, 0.25) is 0 Å². The number of benzene rings is 2. The zero-order valence-electron chi connectivity index (χ0n) is 18.7. The van der Waals surface area contributed by atoms with Crippen LogP contribution in [0.4, 0.5) is 11.5 Å². The van der Waals surface area contributed by atoms with Gasteiger partial charge in [0.2, 0.25) is 0 Å². The smallest absolute Gasteiger partial charge is 0.253 e. The average molecular weight is 416 g/mol. The number of hydrogen-bond donors (Lipinski definition) is 0. The summed E-state index contributed by atoms with van der Waals surface area (Å²) in [5, 5.41) is 0. The predicted molar refractivity (Wildman–Crippen MR) is 126 cm³/mol. The quantitative estimate of drug-likeness (QED) is 0.649. The Balaban J connectivity index is 1.50. The van der Waals surface area contributed by atoms with Crippen molar-refractivity contribution in [2.75, 3.05) is 50.1 Å². The number of amides is 1. The van der Waals surface area contributed by atoms with Crippen molar-refractivity contribution < 1.29 is 4.79 Å². The first-order valence-corrected chi connectivity index (χ1v) is 10.6.